The molecule has 4 nitrogen and oxygen atoms in total. The zero-order chi connectivity index (χ0) is 10.8. The van der Waals surface area contributed by atoms with Gasteiger partial charge in [0.1, 0.15) is 0 Å². The van der Waals surface area contributed by atoms with E-state index in [1.807, 2.05) is 12.1 Å². The van der Waals surface area contributed by atoms with Crippen molar-refractivity contribution in [2.45, 2.75) is 0 Å². The Morgan fingerprint density at radius 2 is 2.00 bits per heavy atom. The second kappa shape index (κ2) is 3.94. The third-order valence-electron chi connectivity index (χ3n) is 1.94. The number of aromatic nitrogens is 3. The summed E-state index contributed by atoms with van der Waals surface area (Å²) in [6.45, 7) is 0. The maximum absolute atomic E-state index is 11.8. The van der Waals surface area contributed by atoms with E-state index in [0.717, 1.165) is 4.47 Å². The minimum atomic E-state index is -0.115. The lowest BCUT2D eigenvalue weighted by Gasteiger charge is -1.96. The Balaban J connectivity index is 2.32. The topological polar surface area (TPSA) is 47.8 Å². The lowest BCUT2D eigenvalue weighted by molar-refractivity contribution is 0.103. The van der Waals surface area contributed by atoms with E-state index >= 15 is 0 Å². The van der Waals surface area contributed by atoms with Gasteiger partial charge in [-0.2, -0.15) is 0 Å². The average molecular weight is 266 g/mol. The molecule has 0 bridgehead atoms. The normalized spacial score (nSPS) is 10.3. The predicted octanol–water partition coefficient (Wildman–Crippen LogP) is 1.81. The van der Waals surface area contributed by atoms with E-state index in [0.29, 0.717) is 11.3 Å². The summed E-state index contributed by atoms with van der Waals surface area (Å²) in [6.07, 6.45) is 1.60. The van der Waals surface area contributed by atoms with Crippen molar-refractivity contribution in [2.24, 2.45) is 7.05 Å². The van der Waals surface area contributed by atoms with Gasteiger partial charge in [0.15, 0.2) is 5.69 Å². The minimum absolute atomic E-state index is 0.115. The SMILES string of the molecule is Cn1cc(C(=O)c2ccc(Br)cc2)nn1. The molecule has 0 saturated heterocycles. The fourth-order valence-electron chi connectivity index (χ4n) is 1.20. The van der Waals surface area contributed by atoms with Crippen LogP contribution in [0.2, 0.25) is 0 Å². The minimum Gasteiger partial charge on any atom is -0.287 e. The highest BCUT2D eigenvalue weighted by Gasteiger charge is 2.11. The smallest absolute Gasteiger partial charge is 0.214 e. The van der Waals surface area contributed by atoms with Crippen molar-refractivity contribution < 1.29 is 4.79 Å². The van der Waals surface area contributed by atoms with Crippen molar-refractivity contribution >= 4 is 21.7 Å². The molecular formula is C10H8BrN3O. The Morgan fingerprint density at radius 1 is 1.33 bits per heavy atom. The second-order valence-electron chi connectivity index (χ2n) is 3.11. The molecular weight excluding hydrogens is 258 g/mol. The number of hydrogen-bond acceptors (Lipinski definition) is 3. The number of aryl methyl sites for hydroxylation is 1. The van der Waals surface area contributed by atoms with Gasteiger partial charge in [-0.3, -0.25) is 9.48 Å². The summed E-state index contributed by atoms with van der Waals surface area (Å²) in [5.41, 5.74) is 0.971. The van der Waals surface area contributed by atoms with Crippen molar-refractivity contribution in [1.82, 2.24) is 15.0 Å². The number of benzene rings is 1. The summed E-state index contributed by atoms with van der Waals surface area (Å²) >= 11 is 3.31. The van der Waals surface area contributed by atoms with Gasteiger partial charge in [0.05, 0.1) is 6.20 Å². The molecule has 0 atom stereocenters. The largest absolute Gasteiger partial charge is 0.287 e. The number of carbonyl (C=O) groups is 1. The molecule has 0 aliphatic heterocycles. The summed E-state index contributed by atoms with van der Waals surface area (Å²) in [5, 5.41) is 7.48. The molecule has 0 aliphatic rings. The van der Waals surface area contributed by atoms with Crippen LogP contribution in [-0.2, 0) is 7.05 Å². The molecule has 5 heteroatoms. The van der Waals surface area contributed by atoms with Gasteiger partial charge in [0.2, 0.25) is 5.78 Å². The molecule has 0 N–H and O–H groups in total. The lowest BCUT2D eigenvalue weighted by Crippen LogP contribution is -2.01. The molecule has 0 radical (unpaired) electrons. The Labute approximate surface area is 95.0 Å². The highest BCUT2D eigenvalue weighted by Crippen LogP contribution is 2.12. The maximum atomic E-state index is 11.8. The molecule has 0 saturated carbocycles. The second-order valence-corrected chi connectivity index (χ2v) is 4.03. The van der Waals surface area contributed by atoms with E-state index in [9.17, 15) is 4.79 Å². The van der Waals surface area contributed by atoms with Gasteiger partial charge in [-0.1, -0.05) is 21.1 Å². The van der Waals surface area contributed by atoms with E-state index < -0.39 is 0 Å². The van der Waals surface area contributed by atoms with Crippen LogP contribution in [0.4, 0.5) is 0 Å². The first kappa shape index (κ1) is 10.0. The Kier molecular flexibility index (Phi) is 2.64. The summed E-state index contributed by atoms with van der Waals surface area (Å²) in [6, 6.07) is 7.15. The Bertz CT molecular complexity index is 490. The number of ketones is 1. The third-order valence-corrected chi connectivity index (χ3v) is 2.47. The molecule has 2 aromatic rings. The maximum Gasteiger partial charge on any atom is 0.214 e. The van der Waals surface area contributed by atoms with Crippen LogP contribution in [0.25, 0.3) is 0 Å². The summed E-state index contributed by atoms with van der Waals surface area (Å²) in [5.74, 6) is -0.115. The van der Waals surface area contributed by atoms with Crippen LogP contribution in [0.3, 0.4) is 0 Å². The average Bonchev–Trinajstić information content (AvgIpc) is 2.65. The van der Waals surface area contributed by atoms with Crippen LogP contribution in [-0.4, -0.2) is 20.8 Å². The van der Waals surface area contributed by atoms with E-state index in [1.165, 1.54) is 4.68 Å². The molecule has 0 aliphatic carbocycles. The zero-order valence-electron chi connectivity index (χ0n) is 8.01. The van der Waals surface area contributed by atoms with Crippen molar-refractivity contribution in [3.8, 4) is 0 Å². The number of nitrogens with zero attached hydrogens (tertiary/aromatic N) is 3. The zero-order valence-corrected chi connectivity index (χ0v) is 9.60. The quantitative estimate of drug-likeness (QED) is 0.779. The van der Waals surface area contributed by atoms with Crippen LogP contribution in [0, 0.1) is 0 Å². The van der Waals surface area contributed by atoms with E-state index in [2.05, 4.69) is 26.2 Å². The standard InChI is InChI=1S/C10H8BrN3O/c1-14-6-9(12-13-14)10(15)7-2-4-8(11)5-3-7/h2-6H,1H3. The predicted molar refractivity (Wildman–Crippen MR) is 58.6 cm³/mol. The molecule has 0 fully saturated rings. The number of carbonyl (C=O) groups excluding carboxylic acids is 1. The fourth-order valence-corrected chi connectivity index (χ4v) is 1.46. The van der Waals surface area contributed by atoms with Crippen LogP contribution in [0.15, 0.2) is 34.9 Å². The Hall–Kier alpha value is -1.49. The molecule has 0 spiro atoms. The molecule has 0 unspecified atom stereocenters. The van der Waals surface area contributed by atoms with Gasteiger partial charge in [0.25, 0.3) is 0 Å². The third kappa shape index (κ3) is 2.12. The van der Waals surface area contributed by atoms with Gasteiger partial charge < -0.3 is 0 Å². The molecule has 76 valence electrons. The van der Waals surface area contributed by atoms with Gasteiger partial charge in [-0.15, -0.1) is 5.10 Å². The van der Waals surface area contributed by atoms with E-state index in [4.69, 9.17) is 0 Å². The molecule has 1 aromatic carbocycles. The fraction of sp³-hybridized carbons (Fsp3) is 0.100. The summed E-state index contributed by atoms with van der Waals surface area (Å²) < 4.78 is 2.45. The lowest BCUT2D eigenvalue weighted by atomic mass is 10.1. The van der Waals surface area contributed by atoms with Crippen LogP contribution < -0.4 is 0 Å². The monoisotopic (exact) mass is 265 g/mol. The first-order valence-corrected chi connectivity index (χ1v) is 5.13. The first-order valence-electron chi connectivity index (χ1n) is 4.33. The molecule has 2 rings (SSSR count). The van der Waals surface area contributed by atoms with Crippen molar-refractivity contribution in [3.05, 3.63) is 46.2 Å². The molecule has 1 aromatic heterocycles. The van der Waals surface area contributed by atoms with Crippen LogP contribution >= 0.6 is 15.9 Å². The van der Waals surface area contributed by atoms with E-state index in [1.54, 1.807) is 25.4 Å². The van der Waals surface area contributed by atoms with Crippen molar-refractivity contribution in [1.29, 1.82) is 0 Å². The molecule has 1 heterocycles. The van der Waals surface area contributed by atoms with E-state index in [-0.39, 0.29) is 5.78 Å². The van der Waals surface area contributed by atoms with Gasteiger partial charge in [-0.25, -0.2) is 0 Å². The summed E-state index contributed by atoms with van der Waals surface area (Å²) in [7, 11) is 1.73. The summed E-state index contributed by atoms with van der Waals surface area (Å²) in [4.78, 5) is 11.8. The molecule has 0 amide bonds. The van der Waals surface area contributed by atoms with Crippen molar-refractivity contribution in [3.63, 3.8) is 0 Å². The number of halogens is 1. The van der Waals surface area contributed by atoms with Gasteiger partial charge >= 0.3 is 0 Å². The van der Waals surface area contributed by atoms with Crippen LogP contribution in [0.5, 0.6) is 0 Å². The van der Waals surface area contributed by atoms with Gasteiger partial charge in [-0.05, 0) is 24.3 Å². The highest BCUT2D eigenvalue weighted by atomic mass is 79.9. The highest BCUT2D eigenvalue weighted by molar-refractivity contribution is 9.10. The Morgan fingerprint density at radius 3 is 2.53 bits per heavy atom. The van der Waals surface area contributed by atoms with Crippen molar-refractivity contribution in [2.75, 3.05) is 0 Å². The number of rotatable bonds is 2. The molecule has 15 heavy (non-hydrogen) atoms. The van der Waals surface area contributed by atoms with Gasteiger partial charge in [0, 0.05) is 17.1 Å². The van der Waals surface area contributed by atoms with Crippen LogP contribution in [0.1, 0.15) is 16.1 Å². The first-order chi connectivity index (χ1) is 7.16. The number of hydrogen-bond donors (Lipinski definition) is 0.